The lowest BCUT2D eigenvalue weighted by molar-refractivity contribution is -0.140. The average molecular weight is 725 g/mol. The standard InChI is InChI=1S/C36H39BrClN3O4S/c1-25(2)22-39-36(43)34(20-28-8-6-5-7-9-28)40(23-29-13-15-30(37)16-14-29)35(42)24-41(33-21-31(38)17-12-27(33)4)46(44,45)32-18-10-26(3)11-19-32/h5-19,21,25,34H,20,22-24H2,1-4H3,(H,39,43)/t34-/m1/s1. The lowest BCUT2D eigenvalue weighted by Gasteiger charge is -2.34. The van der Waals surface area contributed by atoms with Crippen LogP contribution in [-0.2, 0) is 32.6 Å². The highest BCUT2D eigenvalue weighted by Gasteiger charge is 2.35. The summed E-state index contributed by atoms with van der Waals surface area (Å²) in [6.07, 6.45) is 0.244. The van der Waals surface area contributed by atoms with Gasteiger partial charge in [0.2, 0.25) is 11.8 Å². The summed E-state index contributed by atoms with van der Waals surface area (Å²) in [7, 11) is -4.22. The van der Waals surface area contributed by atoms with Crippen molar-refractivity contribution >= 4 is 55.1 Å². The Kier molecular flexibility index (Phi) is 12.1. The summed E-state index contributed by atoms with van der Waals surface area (Å²) in [5.41, 5.74) is 3.47. The molecule has 242 valence electrons. The number of nitrogens with zero attached hydrogens (tertiary/aromatic N) is 2. The highest BCUT2D eigenvalue weighted by molar-refractivity contribution is 9.10. The first kappa shape index (κ1) is 35.2. The van der Waals surface area contributed by atoms with Gasteiger partial charge in [-0.3, -0.25) is 13.9 Å². The molecule has 0 radical (unpaired) electrons. The average Bonchev–Trinajstić information content (AvgIpc) is 3.03. The normalized spacial score (nSPS) is 12.1. The number of rotatable bonds is 13. The lowest BCUT2D eigenvalue weighted by atomic mass is 10.0. The van der Waals surface area contributed by atoms with Crippen LogP contribution in [0.5, 0.6) is 0 Å². The van der Waals surface area contributed by atoms with E-state index in [-0.39, 0.29) is 35.4 Å². The van der Waals surface area contributed by atoms with Crippen molar-refractivity contribution < 1.29 is 18.0 Å². The Bertz CT molecular complexity index is 1750. The van der Waals surface area contributed by atoms with Gasteiger partial charge in [-0.25, -0.2) is 8.42 Å². The van der Waals surface area contributed by atoms with Crippen LogP contribution < -0.4 is 9.62 Å². The van der Waals surface area contributed by atoms with Gasteiger partial charge in [0.1, 0.15) is 12.6 Å². The molecule has 4 rings (SSSR count). The molecular formula is C36H39BrClN3O4S. The molecule has 7 nitrogen and oxygen atoms in total. The van der Waals surface area contributed by atoms with Gasteiger partial charge in [-0.15, -0.1) is 0 Å². The second kappa shape index (κ2) is 15.8. The molecule has 4 aromatic rings. The van der Waals surface area contributed by atoms with E-state index in [4.69, 9.17) is 11.6 Å². The zero-order valence-corrected chi connectivity index (χ0v) is 29.6. The third kappa shape index (κ3) is 9.21. The largest absolute Gasteiger partial charge is 0.354 e. The van der Waals surface area contributed by atoms with Crippen LogP contribution in [0.1, 0.15) is 36.1 Å². The number of sulfonamides is 1. The Morgan fingerprint density at radius 2 is 1.52 bits per heavy atom. The number of carbonyl (C=O) groups excluding carboxylic acids is 2. The van der Waals surface area contributed by atoms with Crippen molar-refractivity contribution in [1.29, 1.82) is 0 Å². The molecule has 1 atom stereocenters. The molecule has 10 heteroatoms. The van der Waals surface area contributed by atoms with Crippen LogP contribution in [0.3, 0.4) is 0 Å². The van der Waals surface area contributed by atoms with Crippen LogP contribution in [0.4, 0.5) is 5.69 Å². The highest BCUT2D eigenvalue weighted by atomic mass is 79.9. The summed E-state index contributed by atoms with van der Waals surface area (Å²) in [4.78, 5) is 30.0. The summed E-state index contributed by atoms with van der Waals surface area (Å²) >= 11 is 9.83. The van der Waals surface area contributed by atoms with Crippen molar-refractivity contribution in [2.75, 3.05) is 17.4 Å². The molecule has 46 heavy (non-hydrogen) atoms. The number of hydrogen-bond donors (Lipinski definition) is 1. The fourth-order valence-corrected chi connectivity index (χ4v) is 6.87. The molecule has 0 aromatic heterocycles. The summed E-state index contributed by atoms with van der Waals surface area (Å²) < 4.78 is 30.5. The minimum absolute atomic E-state index is 0.0419. The van der Waals surface area contributed by atoms with Crippen molar-refractivity contribution in [1.82, 2.24) is 10.2 Å². The highest BCUT2D eigenvalue weighted by Crippen LogP contribution is 2.30. The van der Waals surface area contributed by atoms with E-state index in [1.54, 1.807) is 37.3 Å². The maximum absolute atomic E-state index is 14.6. The third-order valence-corrected chi connectivity index (χ3v) is 10.1. The summed E-state index contributed by atoms with van der Waals surface area (Å²) in [5, 5.41) is 3.34. The number of hydrogen-bond acceptors (Lipinski definition) is 4. The Balaban J connectivity index is 1.82. The molecule has 0 saturated carbocycles. The van der Waals surface area contributed by atoms with Crippen LogP contribution in [0, 0.1) is 19.8 Å². The predicted octanol–water partition coefficient (Wildman–Crippen LogP) is 7.33. The Labute approximate surface area is 285 Å². The zero-order valence-electron chi connectivity index (χ0n) is 26.4. The summed E-state index contributed by atoms with van der Waals surface area (Å²) in [6, 6.07) is 27.5. The van der Waals surface area contributed by atoms with Gasteiger partial charge in [0.25, 0.3) is 10.0 Å². The van der Waals surface area contributed by atoms with Gasteiger partial charge in [0.15, 0.2) is 0 Å². The number of aryl methyl sites for hydroxylation is 2. The predicted molar refractivity (Wildman–Crippen MR) is 188 cm³/mol. The number of nitrogens with one attached hydrogen (secondary N) is 1. The van der Waals surface area contributed by atoms with Crippen molar-refractivity contribution in [3.05, 3.63) is 129 Å². The first-order valence-corrected chi connectivity index (χ1v) is 17.7. The number of anilines is 1. The zero-order chi connectivity index (χ0) is 33.4. The quantitative estimate of drug-likeness (QED) is 0.157. The maximum atomic E-state index is 14.6. The van der Waals surface area contributed by atoms with Gasteiger partial charge < -0.3 is 10.2 Å². The van der Waals surface area contributed by atoms with Gasteiger partial charge in [-0.1, -0.05) is 108 Å². The van der Waals surface area contributed by atoms with E-state index in [9.17, 15) is 18.0 Å². The number of benzene rings is 4. The molecule has 0 saturated heterocycles. The smallest absolute Gasteiger partial charge is 0.264 e. The molecule has 0 aliphatic rings. The fraction of sp³-hybridized carbons (Fsp3) is 0.278. The van der Waals surface area contributed by atoms with E-state index >= 15 is 0 Å². The first-order chi connectivity index (χ1) is 21.8. The van der Waals surface area contributed by atoms with Crippen molar-refractivity contribution in [2.45, 2.75) is 51.6 Å². The lowest BCUT2D eigenvalue weighted by Crippen LogP contribution is -2.53. The maximum Gasteiger partial charge on any atom is 0.264 e. The van der Waals surface area contributed by atoms with Gasteiger partial charge in [0.05, 0.1) is 10.6 Å². The van der Waals surface area contributed by atoms with Crippen LogP contribution in [0.15, 0.2) is 106 Å². The minimum Gasteiger partial charge on any atom is -0.354 e. The summed E-state index contributed by atoms with van der Waals surface area (Å²) in [6.45, 7) is 7.61. The van der Waals surface area contributed by atoms with Gasteiger partial charge in [0, 0.05) is 29.0 Å². The minimum atomic E-state index is -4.22. The van der Waals surface area contributed by atoms with Gasteiger partial charge >= 0.3 is 0 Å². The van der Waals surface area contributed by atoms with Crippen LogP contribution in [0.2, 0.25) is 5.02 Å². The number of amides is 2. The molecule has 0 unspecified atom stereocenters. The van der Waals surface area contributed by atoms with E-state index in [0.29, 0.717) is 17.1 Å². The summed E-state index contributed by atoms with van der Waals surface area (Å²) in [5.74, 6) is -0.647. The van der Waals surface area contributed by atoms with Crippen LogP contribution >= 0.6 is 27.5 Å². The molecule has 4 aromatic carbocycles. The molecule has 0 spiro atoms. The van der Waals surface area contributed by atoms with Crippen LogP contribution in [-0.4, -0.2) is 44.3 Å². The van der Waals surface area contributed by atoms with Crippen LogP contribution in [0.25, 0.3) is 0 Å². The van der Waals surface area contributed by atoms with E-state index in [1.807, 2.05) is 75.4 Å². The molecule has 0 aliphatic carbocycles. The van der Waals surface area contributed by atoms with Crippen molar-refractivity contribution in [3.63, 3.8) is 0 Å². The second-order valence-corrected chi connectivity index (χ2v) is 15.0. The molecule has 2 amide bonds. The van der Waals surface area contributed by atoms with E-state index in [0.717, 1.165) is 25.5 Å². The van der Waals surface area contributed by atoms with Crippen molar-refractivity contribution in [2.24, 2.45) is 5.92 Å². The SMILES string of the molecule is Cc1ccc(S(=O)(=O)N(CC(=O)N(Cc2ccc(Br)cc2)[C@H](Cc2ccccc2)C(=O)NCC(C)C)c2cc(Cl)ccc2C)cc1. The van der Waals surface area contributed by atoms with Crippen molar-refractivity contribution in [3.8, 4) is 0 Å². The van der Waals surface area contributed by atoms with E-state index in [2.05, 4.69) is 21.2 Å². The van der Waals surface area contributed by atoms with E-state index in [1.165, 1.54) is 17.0 Å². The first-order valence-electron chi connectivity index (χ1n) is 15.1. The molecular weight excluding hydrogens is 686 g/mol. The Hall–Kier alpha value is -3.66. The Morgan fingerprint density at radius 3 is 2.15 bits per heavy atom. The fourth-order valence-electron chi connectivity index (χ4n) is 4.97. The molecule has 0 fully saturated rings. The second-order valence-electron chi connectivity index (χ2n) is 11.7. The van der Waals surface area contributed by atoms with Gasteiger partial charge in [-0.05, 0) is 72.9 Å². The monoisotopic (exact) mass is 723 g/mol. The molecule has 0 aliphatic heterocycles. The topological polar surface area (TPSA) is 86.8 Å². The molecule has 0 bridgehead atoms. The molecule has 1 N–H and O–H groups in total. The van der Waals surface area contributed by atoms with Gasteiger partial charge in [-0.2, -0.15) is 0 Å². The van der Waals surface area contributed by atoms with E-state index < -0.39 is 28.5 Å². The Morgan fingerprint density at radius 1 is 0.870 bits per heavy atom. The number of carbonyl (C=O) groups is 2. The third-order valence-electron chi connectivity index (χ3n) is 7.55. The number of halogens is 2. The molecule has 0 heterocycles.